The summed E-state index contributed by atoms with van der Waals surface area (Å²) in [5, 5.41) is 1.49. The summed E-state index contributed by atoms with van der Waals surface area (Å²) in [6.07, 6.45) is 7.59. The smallest absolute Gasteiger partial charge is 0.267 e. The van der Waals surface area contributed by atoms with E-state index in [1.807, 2.05) is 89.8 Å². The van der Waals surface area contributed by atoms with Gasteiger partial charge in [-0.25, -0.2) is 4.99 Å². The van der Waals surface area contributed by atoms with Gasteiger partial charge in [-0.05, 0) is 78.2 Å². The van der Waals surface area contributed by atoms with Crippen LogP contribution in [0.15, 0.2) is 88.8 Å². The molecule has 0 N–H and O–H groups in total. The Balaban J connectivity index is 1.33. The number of hydrogen-bond acceptors (Lipinski definition) is 4. The normalized spacial score (nSPS) is 19.0. The van der Waals surface area contributed by atoms with Gasteiger partial charge in [-0.1, -0.05) is 73.3 Å². The molecule has 1 heterocycles. The minimum absolute atomic E-state index is 0.0552. The van der Waals surface area contributed by atoms with Crippen molar-refractivity contribution in [1.29, 1.82) is 0 Å². The van der Waals surface area contributed by atoms with E-state index in [9.17, 15) is 4.79 Å². The molecule has 3 aromatic rings. The fraction of sp³-hybridized carbons (Fsp3) is 0.241. The molecule has 1 aliphatic carbocycles. The molecular formula is C29H27ClN2O2S. The van der Waals surface area contributed by atoms with Crippen molar-refractivity contribution in [2.24, 2.45) is 4.99 Å². The lowest BCUT2D eigenvalue weighted by molar-refractivity contribution is -0.124. The van der Waals surface area contributed by atoms with Crippen molar-refractivity contribution < 1.29 is 9.53 Å². The zero-order chi connectivity index (χ0) is 24.0. The maximum atomic E-state index is 13.5. The predicted molar refractivity (Wildman–Crippen MR) is 145 cm³/mol. The Bertz CT molecular complexity index is 1220. The Labute approximate surface area is 215 Å². The van der Waals surface area contributed by atoms with E-state index < -0.39 is 0 Å². The summed E-state index contributed by atoms with van der Waals surface area (Å²) in [6.45, 7) is 0.474. The molecule has 1 aliphatic heterocycles. The molecule has 2 fully saturated rings. The van der Waals surface area contributed by atoms with Crippen molar-refractivity contribution in [1.82, 2.24) is 4.90 Å². The number of thioether (sulfide) groups is 1. The highest BCUT2D eigenvalue weighted by molar-refractivity contribution is 8.18. The minimum atomic E-state index is 0.0552. The maximum absolute atomic E-state index is 13.5. The Morgan fingerprint density at radius 2 is 1.66 bits per heavy atom. The number of aliphatic imine (C=N–C) groups is 1. The largest absolute Gasteiger partial charge is 0.489 e. The molecule has 178 valence electrons. The molecule has 3 aromatic carbocycles. The van der Waals surface area contributed by atoms with Crippen molar-refractivity contribution in [3.05, 3.63) is 99.9 Å². The topological polar surface area (TPSA) is 41.9 Å². The van der Waals surface area contributed by atoms with Crippen LogP contribution in [0, 0.1) is 0 Å². The van der Waals surface area contributed by atoms with E-state index in [-0.39, 0.29) is 11.9 Å². The standard InChI is InChI=1S/C29H27ClN2O2S/c30-23-15-11-22(12-16-23)20-34-26-17-13-21(14-18-26)19-27-28(33)32(25-9-5-2-6-10-25)29(35-27)31-24-7-3-1-4-8-24/h1,3-4,7-8,11-19,25H,2,5-6,9-10,20H2/b27-19-,31-29?. The van der Waals surface area contributed by atoms with Crippen LogP contribution in [0.2, 0.25) is 5.02 Å². The van der Waals surface area contributed by atoms with Gasteiger partial charge in [-0.3, -0.25) is 9.69 Å². The van der Waals surface area contributed by atoms with Crippen LogP contribution in [0.4, 0.5) is 5.69 Å². The molecule has 5 rings (SSSR count). The number of halogens is 1. The van der Waals surface area contributed by atoms with Gasteiger partial charge in [0.05, 0.1) is 10.6 Å². The lowest BCUT2D eigenvalue weighted by atomic mass is 9.94. The third kappa shape index (κ3) is 5.98. The average molecular weight is 503 g/mol. The van der Waals surface area contributed by atoms with Crippen molar-refractivity contribution in [2.45, 2.75) is 44.8 Å². The second-order valence-corrected chi connectivity index (χ2v) is 10.2. The van der Waals surface area contributed by atoms with Crippen molar-refractivity contribution in [3.8, 4) is 5.75 Å². The van der Waals surface area contributed by atoms with Crippen LogP contribution in [0.1, 0.15) is 43.2 Å². The van der Waals surface area contributed by atoms with E-state index in [4.69, 9.17) is 21.3 Å². The monoisotopic (exact) mass is 502 g/mol. The Morgan fingerprint density at radius 1 is 0.943 bits per heavy atom. The summed E-state index contributed by atoms with van der Waals surface area (Å²) in [7, 11) is 0. The van der Waals surface area contributed by atoms with Crippen LogP contribution < -0.4 is 4.74 Å². The van der Waals surface area contributed by atoms with E-state index in [1.54, 1.807) is 0 Å². The zero-order valence-electron chi connectivity index (χ0n) is 19.4. The van der Waals surface area contributed by atoms with Gasteiger partial charge >= 0.3 is 0 Å². The molecule has 0 aromatic heterocycles. The second kappa shape index (κ2) is 11.1. The molecule has 4 nitrogen and oxygen atoms in total. The first-order valence-corrected chi connectivity index (χ1v) is 13.2. The van der Waals surface area contributed by atoms with Gasteiger partial charge < -0.3 is 4.74 Å². The second-order valence-electron chi connectivity index (χ2n) is 8.79. The zero-order valence-corrected chi connectivity index (χ0v) is 21.0. The summed E-state index contributed by atoms with van der Waals surface area (Å²) in [6, 6.07) is 25.5. The summed E-state index contributed by atoms with van der Waals surface area (Å²) in [5.74, 6) is 0.835. The number of amides is 1. The lowest BCUT2D eigenvalue weighted by Crippen LogP contribution is -2.40. The molecule has 0 unspecified atom stereocenters. The molecule has 2 aliphatic rings. The lowest BCUT2D eigenvalue weighted by Gasteiger charge is -2.30. The van der Waals surface area contributed by atoms with Gasteiger partial charge in [0.2, 0.25) is 0 Å². The van der Waals surface area contributed by atoms with Crippen LogP contribution in [-0.4, -0.2) is 22.0 Å². The van der Waals surface area contributed by atoms with Gasteiger partial charge in [-0.2, -0.15) is 0 Å². The predicted octanol–water partition coefficient (Wildman–Crippen LogP) is 7.86. The van der Waals surface area contributed by atoms with Crippen LogP contribution in [-0.2, 0) is 11.4 Å². The summed E-state index contributed by atoms with van der Waals surface area (Å²) in [4.78, 5) is 21.0. The van der Waals surface area contributed by atoms with Crippen LogP contribution in [0.25, 0.3) is 6.08 Å². The molecule has 0 atom stereocenters. The van der Waals surface area contributed by atoms with E-state index in [1.165, 1.54) is 18.2 Å². The highest BCUT2D eigenvalue weighted by Crippen LogP contribution is 2.38. The first kappa shape index (κ1) is 23.7. The summed E-state index contributed by atoms with van der Waals surface area (Å²) < 4.78 is 5.89. The van der Waals surface area contributed by atoms with Gasteiger partial charge in [0.15, 0.2) is 5.17 Å². The SMILES string of the molecule is O=C1/C(=C/c2ccc(OCc3ccc(Cl)cc3)cc2)SC(=Nc2ccccc2)N1C1CCCCC1. The number of ether oxygens (including phenoxy) is 1. The molecule has 1 saturated carbocycles. The van der Waals surface area contributed by atoms with Crippen molar-refractivity contribution >= 4 is 46.2 Å². The fourth-order valence-electron chi connectivity index (χ4n) is 4.40. The van der Waals surface area contributed by atoms with Crippen molar-refractivity contribution in [2.75, 3.05) is 0 Å². The highest BCUT2D eigenvalue weighted by atomic mass is 35.5. The number of amidine groups is 1. The van der Waals surface area contributed by atoms with Crippen LogP contribution >= 0.6 is 23.4 Å². The number of nitrogens with zero attached hydrogens (tertiary/aromatic N) is 2. The Kier molecular flexibility index (Phi) is 7.55. The molecule has 0 bridgehead atoms. The number of carbonyl (C=O) groups excluding carboxylic acids is 1. The Hall–Kier alpha value is -3.02. The van der Waals surface area contributed by atoms with E-state index in [0.717, 1.165) is 53.4 Å². The molecule has 0 radical (unpaired) electrons. The first-order chi connectivity index (χ1) is 17.2. The minimum Gasteiger partial charge on any atom is -0.489 e. The fourth-order valence-corrected chi connectivity index (χ4v) is 5.58. The number of rotatable bonds is 6. The summed E-state index contributed by atoms with van der Waals surface area (Å²) >= 11 is 7.41. The molecule has 1 saturated heterocycles. The number of para-hydroxylation sites is 1. The van der Waals surface area contributed by atoms with Crippen LogP contribution in [0.3, 0.4) is 0 Å². The summed E-state index contributed by atoms with van der Waals surface area (Å²) in [5.41, 5.74) is 2.89. The molecule has 6 heteroatoms. The third-order valence-corrected chi connectivity index (χ3v) is 7.49. The number of benzene rings is 3. The first-order valence-electron chi connectivity index (χ1n) is 12.0. The average Bonchev–Trinajstić information content (AvgIpc) is 3.19. The van der Waals surface area contributed by atoms with E-state index >= 15 is 0 Å². The molecular weight excluding hydrogens is 476 g/mol. The van der Waals surface area contributed by atoms with E-state index in [2.05, 4.69) is 0 Å². The van der Waals surface area contributed by atoms with Gasteiger partial charge in [0.25, 0.3) is 5.91 Å². The highest BCUT2D eigenvalue weighted by Gasteiger charge is 2.38. The molecule has 35 heavy (non-hydrogen) atoms. The van der Waals surface area contributed by atoms with E-state index in [0.29, 0.717) is 16.5 Å². The van der Waals surface area contributed by atoms with Gasteiger partial charge in [0.1, 0.15) is 12.4 Å². The third-order valence-electron chi connectivity index (χ3n) is 6.25. The van der Waals surface area contributed by atoms with Crippen molar-refractivity contribution in [3.63, 3.8) is 0 Å². The van der Waals surface area contributed by atoms with Gasteiger partial charge in [0, 0.05) is 11.1 Å². The van der Waals surface area contributed by atoms with Crippen LogP contribution in [0.5, 0.6) is 5.75 Å². The van der Waals surface area contributed by atoms with Gasteiger partial charge in [-0.15, -0.1) is 0 Å². The number of carbonyl (C=O) groups is 1. The number of hydrogen-bond donors (Lipinski definition) is 0. The molecule has 1 amide bonds. The maximum Gasteiger partial charge on any atom is 0.267 e. The quantitative estimate of drug-likeness (QED) is 0.322. The molecule has 0 spiro atoms. The Morgan fingerprint density at radius 3 is 2.37 bits per heavy atom.